The Hall–Kier alpha value is -3.49. The van der Waals surface area contributed by atoms with Gasteiger partial charge in [0.2, 0.25) is 0 Å². The molecule has 170 valence electrons. The number of hydrazone groups is 1. The fraction of sp³-hybridized carbons (Fsp3) is 0.120. The summed E-state index contributed by atoms with van der Waals surface area (Å²) in [5.41, 5.74) is 7.20. The standard InChI is InChI=1S/C25H20BrClN6O/c1-2-33-21-10-6-4-8-19(21)23-24(33)29-25(32-30-23)31-28-14-17-13-18(26)11-12-22(17)34-15-16-7-3-5-9-20(16)27/h3-14H,2,15H2,1H3,(H,29,31,32)/b28-14+. The van der Waals surface area contributed by atoms with E-state index in [9.17, 15) is 0 Å². The van der Waals surface area contributed by atoms with Crippen LogP contribution in [-0.2, 0) is 13.2 Å². The first kappa shape index (κ1) is 22.3. The van der Waals surface area contributed by atoms with Crippen LogP contribution in [0.25, 0.3) is 22.1 Å². The van der Waals surface area contributed by atoms with Crippen LogP contribution in [0.3, 0.4) is 0 Å². The van der Waals surface area contributed by atoms with Crippen molar-refractivity contribution in [2.45, 2.75) is 20.1 Å². The van der Waals surface area contributed by atoms with Crippen LogP contribution in [0.4, 0.5) is 5.95 Å². The number of aryl methyl sites for hydroxylation is 1. The quantitative estimate of drug-likeness (QED) is 0.192. The zero-order chi connectivity index (χ0) is 23.5. The number of ether oxygens (including phenoxy) is 1. The third-order valence-corrected chi connectivity index (χ3v) is 6.23. The molecular formula is C25H20BrClN6O. The van der Waals surface area contributed by atoms with Gasteiger partial charge in [-0.05, 0) is 37.3 Å². The molecule has 0 atom stereocenters. The minimum Gasteiger partial charge on any atom is -0.488 e. The van der Waals surface area contributed by atoms with E-state index in [4.69, 9.17) is 16.3 Å². The van der Waals surface area contributed by atoms with E-state index < -0.39 is 0 Å². The molecule has 0 saturated heterocycles. The highest BCUT2D eigenvalue weighted by Crippen LogP contribution is 2.27. The second-order valence-corrected chi connectivity index (χ2v) is 8.82. The lowest BCUT2D eigenvalue weighted by Gasteiger charge is -2.10. The van der Waals surface area contributed by atoms with Gasteiger partial charge in [-0.1, -0.05) is 63.9 Å². The molecule has 0 bridgehead atoms. The number of benzene rings is 3. The van der Waals surface area contributed by atoms with Crippen LogP contribution in [0, 0.1) is 0 Å². The smallest absolute Gasteiger partial charge is 0.265 e. The average Bonchev–Trinajstić information content (AvgIpc) is 3.17. The molecule has 0 spiro atoms. The summed E-state index contributed by atoms with van der Waals surface area (Å²) in [5.74, 6) is 0.990. The van der Waals surface area contributed by atoms with E-state index in [1.807, 2.05) is 60.7 Å². The Bertz CT molecular complexity index is 1520. The molecule has 0 fully saturated rings. The van der Waals surface area contributed by atoms with Crippen LogP contribution in [0.2, 0.25) is 5.02 Å². The van der Waals surface area contributed by atoms with Crippen LogP contribution in [0.1, 0.15) is 18.1 Å². The predicted octanol–water partition coefficient (Wildman–Crippen LogP) is 6.44. The van der Waals surface area contributed by atoms with Crippen LogP contribution in [0.5, 0.6) is 5.75 Å². The van der Waals surface area contributed by atoms with Gasteiger partial charge in [0.1, 0.15) is 17.9 Å². The van der Waals surface area contributed by atoms with Crippen LogP contribution < -0.4 is 10.2 Å². The number of aromatic nitrogens is 4. The summed E-state index contributed by atoms with van der Waals surface area (Å²) in [6.45, 7) is 3.20. The van der Waals surface area contributed by atoms with E-state index in [0.717, 1.165) is 44.2 Å². The Kier molecular flexibility index (Phi) is 6.42. The number of nitrogens with zero attached hydrogens (tertiary/aromatic N) is 5. The molecule has 0 unspecified atom stereocenters. The van der Waals surface area contributed by atoms with Crippen molar-refractivity contribution in [1.82, 2.24) is 19.7 Å². The van der Waals surface area contributed by atoms with Crippen molar-refractivity contribution in [3.8, 4) is 5.75 Å². The first-order chi connectivity index (χ1) is 16.6. The maximum Gasteiger partial charge on any atom is 0.265 e. The molecule has 2 heterocycles. The zero-order valence-electron chi connectivity index (χ0n) is 18.2. The lowest BCUT2D eigenvalue weighted by Crippen LogP contribution is -2.03. The number of hydrogen-bond donors (Lipinski definition) is 1. The van der Waals surface area contributed by atoms with E-state index in [0.29, 0.717) is 23.3 Å². The highest BCUT2D eigenvalue weighted by Gasteiger charge is 2.13. The zero-order valence-corrected chi connectivity index (χ0v) is 20.6. The van der Waals surface area contributed by atoms with E-state index in [1.54, 1.807) is 6.21 Å². The molecule has 1 N–H and O–H groups in total. The van der Waals surface area contributed by atoms with Gasteiger partial charge in [0.05, 0.1) is 11.7 Å². The summed E-state index contributed by atoms with van der Waals surface area (Å²) in [5, 5.41) is 14.6. The molecule has 2 aromatic heterocycles. The molecule has 5 rings (SSSR count). The van der Waals surface area contributed by atoms with Crippen molar-refractivity contribution >= 4 is 61.8 Å². The molecule has 7 nitrogen and oxygen atoms in total. The third-order valence-electron chi connectivity index (χ3n) is 5.37. The SMILES string of the molecule is CCn1c2ccccc2c2nnc(N/N=C/c3cc(Br)ccc3OCc3ccccc3Cl)nc21. The first-order valence-electron chi connectivity index (χ1n) is 10.7. The fourth-order valence-corrected chi connectivity index (χ4v) is 4.32. The van der Waals surface area contributed by atoms with Gasteiger partial charge in [-0.3, -0.25) is 0 Å². The van der Waals surface area contributed by atoms with Crippen LogP contribution >= 0.6 is 27.5 Å². The average molecular weight is 536 g/mol. The van der Waals surface area contributed by atoms with E-state index in [2.05, 4.69) is 59.2 Å². The summed E-state index contributed by atoms with van der Waals surface area (Å²) in [4.78, 5) is 4.65. The molecule has 0 aliphatic rings. The van der Waals surface area contributed by atoms with Gasteiger partial charge in [0.25, 0.3) is 5.95 Å². The van der Waals surface area contributed by atoms with E-state index >= 15 is 0 Å². The first-order valence-corrected chi connectivity index (χ1v) is 11.9. The molecule has 3 aromatic carbocycles. The lowest BCUT2D eigenvalue weighted by molar-refractivity contribution is 0.306. The maximum absolute atomic E-state index is 6.25. The number of rotatable bonds is 7. The van der Waals surface area contributed by atoms with Crippen LogP contribution in [0.15, 0.2) is 76.3 Å². The number of nitrogens with one attached hydrogen (secondary N) is 1. The number of halogens is 2. The van der Waals surface area contributed by atoms with E-state index in [1.165, 1.54) is 0 Å². The summed E-state index contributed by atoms with van der Waals surface area (Å²) in [6, 6.07) is 21.4. The summed E-state index contributed by atoms with van der Waals surface area (Å²) in [7, 11) is 0. The van der Waals surface area contributed by atoms with Crippen molar-refractivity contribution in [2.24, 2.45) is 5.10 Å². The maximum atomic E-state index is 6.25. The monoisotopic (exact) mass is 534 g/mol. The number of anilines is 1. The van der Waals surface area contributed by atoms with Crippen molar-refractivity contribution in [1.29, 1.82) is 0 Å². The second-order valence-electron chi connectivity index (χ2n) is 7.50. The number of hydrogen-bond acceptors (Lipinski definition) is 6. The lowest BCUT2D eigenvalue weighted by atomic mass is 10.2. The van der Waals surface area contributed by atoms with Crippen LogP contribution in [-0.4, -0.2) is 26.0 Å². The molecule has 0 radical (unpaired) electrons. The molecule has 0 amide bonds. The van der Waals surface area contributed by atoms with Crippen molar-refractivity contribution < 1.29 is 4.74 Å². The van der Waals surface area contributed by atoms with Gasteiger partial charge >= 0.3 is 0 Å². The van der Waals surface area contributed by atoms with Gasteiger partial charge in [-0.2, -0.15) is 10.1 Å². The molecule has 34 heavy (non-hydrogen) atoms. The highest BCUT2D eigenvalue weighted by atomic mass is 79.9. The van der Waals surface area contributed by atoms with Gasteiger partial charge in [0, 0.05) is 32.6 Å². The largest absolute Gasteiger partial charge is 0.488 e. The predicted molar refractivity (Wildman–Crippen MR) is 140 cm³/mol. The Morgan fingerprint density at radius 3 is 2.76 bits per heavy atom. The topological polar surface area (TPSA) is 77.2 Å². The van der Waals surface area contributed by atoms with Crippen molar-refractivity contribution in [2.75, 3.05) is 5.43 Å². The molecule has 5 aromatic rings. The second kappa shape index (κ2) is 9.79. The van der Waals surface area contributed by atoms with Crippen molar-refractivity contribution in [3.63, 3.8) is 0 Å². The molecule has 0 aliphatic heterocycles. The van der Waals surface area contributed by atoms with Gasteiger partial charge in [0.15, 0.2) is 5.65 Å². The molecular weight excluding hydrogens is 516 g/mol. The third kappa shape index (κ3) is 4.47. The van der Waals surface area contributed by atoms with Crippen molar-refractivity contribution in [3.05, 3.63) is 87.4 Å². The van der Waals surface area contributed by atoms with E-state index in [-0.39, 0.29) is 0 Å². The Labute approximate surface area is 209 Å². The Morgan fingerprint density at radius 2 is 1.91 bits per heavy atom. The number of fused-ring (bicyclic) bond motifs is 3. The summed E-state index contributed by atoms with van der Waals surface area (Å²) in [6.07, 6.45) is 1.66. The highest BCUT2D eigenvalue weighted by molar-refractivity contribution is 9.10. The summed E-state index contributed by atoms with van der Waals surface area (Å²) >= 11 is 9.75. The van der Waals surface area contributed by atoms with Gasteiger partial charge < -0.3 is 9.30 Å². The van der Waals surface area contributed by atoms with Gasteiger partial charge in [-0.15, -0.1) is 10.2 Å². The Morgan fingerprint density at radius 1 is 1.09 bits per heavy atom. The minimum absolute atomic E-state index is 0.315. The minimum atomic E-state index is 0.315. The van der Waals surface area contributed by atoms with Gasteiger partial charge in [-0.25, -0.2) is 5.43 Å². The summed E-state index contributed by atoms with van der Waals surface area (Å²) < 4.78 is 9.03. The molecule has 9 heteroatoms. The molecule has 0 aliphatic carbocycles. The number of para-hydroxylation sites is 1. The Balaban J connectivity index is 1.38. The normalized spacial score (nSPS) is 11.5. The molecule has 0 saturated carbocycles. The fourth-order valence-electron chi connectivity index (χ4n) is 3.75.